The fourth-order valence-corrected chi connectivity index (χ4v) is 4.33. The number of hydrogen-bond acceptors (Lipinski definition) is 5. The highest BCUT2D eigenvalue weighted by Crippen LogP contribution is 2.34. The van der Waals surface area contributed by atoms with Gasteiger partial charge in [-0.1, -0.05) is 24.8 Å². The van der Waals surface area contributed by atoms with Gasteiger partial charge in [0, 0.05) is 16.1 Å². The summed E-state index contributed by atoms with van der Waals surface area (Å²) >= 11 is 1.10. The molecular formula is C24H19FN6S. The number of thiophene rings is 1. The zero-order valence-corrected chi connectivity index (χ0v) is 18.0. The van der Waals surface area contributed by atoms with E-state index >= 15 is 0 Å². The first kappa shape index (κ1) is 19.9. The summed E-state index contributed by atoms with van der Waals surface area (Å²) in [7, 11) is 0. The van der Waals surface area contributed by atoms with Gasteiger partial charge in [0.1, 0.15) is 5.52 Å². The van der Waals surface area contributed by atoms with Crippen LogP contribution in [-0.2, 0) is 0 Å². The van der Waals surface area contributed by atoms with E-state index in [1.54, 1.807) is 12.1 Å². The van der Waals surface area contributed by atoms with Gasteiger partial charge in [-0.15, -0.1) is 11.3 Å². The molecule has 0 atom stereocenters. The maximum atomic E-state index is 13.6. The molecule has 0 unspecified atom stereocenters. The molecule has 0 bridgehead atoms. The summed E-state index contributed by atoms with van der Waals surface area (Å²) in [5, 5.41) is 7.25. The average Bonchev–Trinajstić information content (AvgIpc) is 3.53. The number of fused-ring (bicyclic) bond motifs is 2. The van der Waals surface area contributed by atoms with Crippen molar-refractivity contribution < 1.29 is 4.39 Å². The Morgan fingerprint density at radius 2 is 1.97 bits per heavy atom. The molecule has 0 radical (unpaired) electrons. The summed E-state index contributed by atoms with van der Waals surface area (Å²) in [5.41, 5.74) is 12.7. The molecule has 4 aromatic heterocycles. The van der Waals surface area contributed by atoms with Crippen LogP contribution in [0, 0.1) is 5.13 Å². The molecule has 4 N–H and O–H groups in total. The van der Waals surface area contributed by atoms with E-state index in [1.165, 1.54) is 6.07 Å². The van der Waals surface area contributed by atoms with Crippen LogP contribution >= 0.6 is 11.3 Å². The van der Waals surface area contributed by atoms with E-state index in [0.29, 0.717) is 22.7 Å². The van der Waals surface area contributed by atoms with Crippen LogP contribution in [0.1, 0.15) is 12.6 Å². The van der Waals surface area contributed by atoms with Crippen LogP contribution in [0.4, 0.5) is 4.39 Å². The first-order valence-corrected chi connectivity index (χ1v) is 10.7. The summed E-state index contributed by atoms with van der Waals surface area (Å²) in [6.45, 7) is 5.63. The van der Waals surface area contributed by atoms with Crippen molar-refractivity contribution in [3.8, 4) is 22.0 Å². The van der Waals surface area contributed by atoms with E-state index < -0.39 is 0 Å². The van der Waals surface area contributed by atoms with E-state index in [2.05, 4.69) is 21.8 Å². The van der Waals surface area contributed by atoms with E-state index in [4.69, 9.17) is 15.7 Å². The molecule has 0 aliphatic carbocycles. The maximum absolute atomic E-state index is 13.6. The second kappa shape index (κ2) is 7.90. The molecule has 1 aromatic carbocycles. The molecule has 4 heterocycles. The van der Waals surface area contributed by atoms with E-state index in [1.807, 2.05) is 49.4 Å². The molecule has 0 aliphatic rings. The van der Waals surface area contributed by atoms with Gasteiger partial charge in [0.05, 0.1) is 22.2 Å². The van der Waals surface area contributed by atoms with Crippen molar-refractivity contribution in [3.05, 3.63) is 83.8 Å². The Balaban J connectivity index is 1.64. The number of halogens is 1. The molecule has 6 nitrogen and oxygen atoms in total. The number of allylic oxidation sites excluding steroid dienone is 4. The number of rotatable bonds is 5. The molecule has 32 heavy (non-hydrogen) atoms. The molecule has 0 amide bonds. The monoisotopic (exact) mass is 442 g/mol. The van der Waals surface area contributed by atoms with Gasteiger partial charge in [-0.05, 0) is 55.0 Å². The number of para-hydroxylation sites is 1. The van der Waals surface area contributed by atoms with Gasteiger partial charge in [-0.25, -0.2) is 9.97 Å². The Labute approximate surface area is 187 Å². The normalized spacial score (nSPS) is 12.7. The zero-order chi connectivity index (χ0) is 22.2. The lowest BCUT2D eigenvalue weighted by molar-refractivity contribution is 0.657. The van der Waals surface area contributed by atoms with Gasteiger partial charge in [0.15, 0.2) is 16.6 Å². The molecule has 158 valence electrons. The van der Waals surface area contributed by atoms with Crippen LogP contribution in [-0.4, -0.2) is 25.1 Å². The topological polar surface area (TPSA) is 96.3 Å². The second-order valence-electron chi connectivity index (χ2n) is 7.15. The Morgan fingerprint density at radius 1 is 1.09 bits per heavy atom. The van der Waals surface area contributed by atoms with Crippen molar-refractivity contribution in [2.24, 2.45) is 5.73 Å². The number of aromatic nitrogens is 5. The fraction of sp³-hybridized carbons (Fsp3) is 0.0417. The minimum atomic E-state index is -0.228. The lowest BCUT2D eigenvalue weighted by atomic mass is 10.1. The largest absolute Gasteiger partial charge is 0.399 e. The first-order valence-electron chi connectivity index (χ1n) is 9.93. The summed E-state index contributed by atoms with van der Waals surface area (Å²) in [5.74, 6) is 0.587. The van der Waals surface area contributed by atoms with Crippen molar-refractivity contribution in [2.45, 2.75) is 6.92 Å². The quantitative estimate of drug-likeness (QED) is 0.300. The van der Waals surface area contributed by atoms with Gasteiger partial charge < -0.3 is 10.7 Å². The molecular weight excluding hydrogens is 423 g/mol. The predicted molar refractivity (Wildman–Crippen MR) is 128 cm³/mol. The molecule has 0 fully saturated rings. The number of nitrogens with one attached hydrogen (secondary N) is 2. The number of aromatic amines is 2. The SMILES string of the molecule is C=C/C(N)=C\C(=C/C)c1ccc2[nH]nc(-c3nc4c(-c5ccc(F)s5)cccc4[nH]3)c2n1. The molecule has 0 saturated heterocycles. The third-order valence-electron chi connectivity index (χ3n) is 5.15. The molecule has 0 spiro atoms. The van der Waals surface area contributed by atoms with Gasteiger partial charge in [0.2, 0.25) is 0 Å². The smallest absolute Gasteiger partial charge is 0.176 e. The van der Waals surface area contributed by atoms with Crippen LogP contribution in [0.15, 0.2) is 73.0 Å². The maximum Gasteiger partial charge on any atom is 0.176 e. The van der Waals surface area contributed by atoms with Gasteiger partial charge >= 0.3 is 0 Å². The van der Waals surface area contributed by atoms with E-state index in [9.17, 15) is 4.39 Å². The third-order valence-corrected chi connectivity index (χ3v) is 6.06. The number of nitrogens with two attached hydrogens (primary N) is 1. The van der Waals surface area contributed by atoms with E-state index in [0.717, 1.165) is 49.6 Å². The Hall–Kier alpha value is -4.04. The average molecular weight is 443 g/mol. The summed E-state index contributed by atoms with van der Waals surface area (Å²) in [6, 6.07) is 12.9. The highest BCUT2D eigenvalue weighted by Gasteiger charge is 2.17. The standard InChI is InChI=1S/C24H19FN6S/c1-3-13(12-14(26)4-2)16-8-9-18-22(27-16)23(31-30-18)24-28-17-7-5-6-15(21(17)29-24)19-10-11-20(25)32-19/h3-12H,2,26H2,1H3,(H,28,29)(H,30,31)/b13-3+,14-12+. The molecule has 0 aliphatic heterocycles. The lowest BCUT2D eigenvalue weighted by Crippen LogP contribution is -1.95. The molecule has 5 rings (SSSR count). The van der Waals surface area contributed by atoms with E-state index in [-0.39, 0.29) is 5.13 Å². The number of hydrogen-bond donors (Lipinski definition) is 3. The van der Waals surface area contributed by atoms with Crippen molar-refractivity contribution in [1.29, 1.82) is 0 Å². The Kier molecular flexibility index (Phi) is 4.91. The van der Waals surface area contributed by atoms with Crippen LogP contribution in [0.25, 0.3) is 49.6 Å². The van der Waals surface area contributed by atoms with Gasteiger partial charge in [0.25, 0.3) is 0 Å². The van der Waals surface area contributed by atoms with Crippen molar-refractivity contribution in [2.75, 3.05) is 0 Å². The first-order chi connectivity index (χ1) is 15.6. The summed E-state index contributed by atoms with van der Waals surface area (Å²) < 4.78 is 13.6. The fourth-order valence-electron chi connectivity index (χ4n) is 3.57. The number of benzene rings is 1. The van der Waals surface area contributed by atoms with Crippen molar-refractivity contribution in [1.82, 2.24) is 25.1 Å². The third kappa shape index (κ3) is 3.40. The Morgan fingerprint density at radius 3 is 2.72 bits per heavy atom. The molecule has 8 heteroatoms. The minimum absolute atomic E-state index is 0.228. The van der Waals surface area contributed by atoms with Crippen LogP contribution in [0.2, 0.25) is 0 Å². The van der Waals surface area contributed by atoms with Gasteiger partial charge in [-0.2, -0.15) is 9.49 Å². The van der Waals surface area contributed by atoms with Crippen LogP contribution < -0.4 is 5.73 Å². The lowest BCUT2D eigenvalue weighted by Gasteiger charge is -2.03. The minimum Gasteiger partial charge on any atom is -0.399 e. The van der Waals surface area contributed by atoms with Crippen molar-refractivity contribution >= 4 is 39.0 Å². The highest BCUT2D eigenvalue weighted by molar-refractivity contribution is 7.14. The second-order valence-corrected chi connectivity index (χ2v) is 8.18. The predicted octanol–water partition coefficient (Wildman–Crippen LogP) is 5.80. The van der Waals surface area contributed by atoms with Gasteiger partial charge in [-0.3, -0.25) is 5.10 Å². The summed E-state index contributed by atoms with van der Waals surface area (Å²) in [6.07, 6.45) is 5.36. The van der Waals surface area contributed by atoms with Crippen LogP contribution in [0.5, 0.6) is 0 Å². The Bertz CT molecular complexity index is 1530. The molecule has 5 aromatic rings. The molecule has 0 saturated carbocycles. The number of nitrogens with zero attached hydrogens (tertiary/aromatic N) is 3. The number of H-pyrrole nitrogens is 2. The van der Waals surface area contributed by atoms with Crippen LogP contribution in [0.3, 0.4) is 0 Å². The number of imidazole rings is 1. The number of pyridine rings is 1. The summed E-state index contributed by atoms with van der Waals surface area (Å²) in [4.78, 5) is 13.8. The highest BCUT2D eigenvalue weighted by atomic mass is 32.1. The van der Waals surface area contributed by atoms with Crippen molar-refractivity contribution in [3.63, 3.8) is 0 Å². The zero-order valence-electron chi connectivity index (χ0n) is 17.2.